The van der Waals surface area contributed by atoms with Crippen LogP contribution in [0.3, 0.4) is 0 Å². The first-order chi connectivity index (χ1) is 13.5. The molecule has 0 bridgehead atoms. The lowest BCUT2D eigenvalue weighted by atomic mass is 10.1. The number of aryl methyl sites for hydroxylation is 1. The first-order valence-electron chi connectivity index (χ1n) is 8.99. The lowest BCUT2D eigenvalue weighted by Crippen LogP contribution is -2.13. The number of hydrogen-bond donors (Lipinski definition) is 2. The average Bonchev–Trinajstić information content (AvgIpc) is 2.99. The molecular weight excluding hydrogens is 374 g/mol. The van der Waals surface area contributed by atoms with Crippen molar-refractivity contribution in [2.45, 2.75) is 20.3 Å². The van der Waals surface area contributed by atoms with Crippen molar-refractivity contribution in [3.63, 3.8) is 0 Å². The largest absolute Gasteiger partial charge is 0.508 e. The van der Waals surface area contributed by atoms with Crippen LogP contribution in [0.5, 0.6) is 5.75 Å². The number of aliphatic imine (C=N–C) groups is 1. The molecule has 0 saturated carbocycles. The molecule has 0 unspecified atom stereocenters. The third-order valence-electron chi connectivity index (χ3n) is 4.16. The minimum absolute atomic E-state index is 0.0720. The summed E-state index contributed by atoms with van der Waals surface area (Å²) in [6.07, 6.45) is 2.55. The number of nitrogens with zero attached hydrogens (tertiary/aromatic N) is 1. The van der Waals surface area contributed by atoms with Gasteiger partial charge in [-0.3, -0.25) is 0 Å². The van der Waals surface area contributed by atoms with Gasteiger partial charge in [0.25, 0.3) is 0 Å². The Balaban J connectivity index is 2.06. The van der Waals surface area contributed by atoms with Gasteiger partial charge >= 0.3 is 5.97 Å². The number of aliphatic hydroxyl groups is 1. The van der Waals surface area contributed by atoms with Crippen LogP contribution in [0.25, 0.3) is 6.08 Å². The third-order valence-corrected chi connectivity index (χ3v) is 5.18. The number of carbonyl (C=O) groups excluding carboxylic acids is 1. The summed E-state index contributed by atoms with van der Waals surface area (Å²) in [5, 5.41) is 20.5. The number of esters is 1. The van der Waals surface area contributed by atoms with Gasteiger partial charge in [0.15, 0.2) is 0 Å². The highest BCUT2D eigenvalue weighted by Crippen LogP contribution is 2.40. The number of benzene rings is 2. The van der Waals surface area contributed by atoms with E-state index in [4.69, 9.17) is 4.74 Å². The van der Waals surface area contributed by atoms with Crippen LogP contribution in [0, 0.1) is 0 Å². The minimum atomic E-state index is -0.602. The SMILES string of the molecule is CCOC(=O)C1=C(O)C(=Cc2ccc(O)cc2)SC1=Nc1ccccc1CC. The predicted octanol–water partition coefficient (Wildman–Crippen LogP) is 5.15. The van der Waals surface area contributed by atoms with Gasteiger partial charge in [0.1, 0.15) is 22.1 Å². The molecule has 1 heterocycles. The summed E-state index contributed by atoms with van der Waals surface area (Å²) in [5.41, 5.74) is 2.66. The second-order valence-corrected chi connectivity index (χ2v) is 7.08. The maximum atomic E-state index is 12.5. The lowest BCUT2D eigenvalue weighted by Gasteiger charge is -2.06. The van der Waals surface area contributed by atoms with E-state index in [0.717, 1.165) is 23.2 Å². The summed E-state index contributed by atoms with van der Waals surface area (Å²) in [6, 6.07) is 14.3. The fourth-order valence-electron chi connectivity index (χ4n) is 2.74. The molecule has 6 heteroatoms. The molecule has 0 spiro atoms. The number of rotatable bonds is 5. The number of carbonyl (C=O) groups is 1. The molecule has 144 valence electrons. The van der Waals surface area contributed by atoms with Crippen LogP contribution in [0.2, 0.25) is 0 Å². The summed E-state index contributed by atoms with van der Waals surface area (Å²) in [4.78, 5) is 17.6. The van der Waals surface area contributed by atoms with Crippen molar-refractivity contribution in [1.29, 1.82) is 0 Å². The van der Waals surface area contributed by atoms with Gasteiger partial charge < -0.3 is 14.9 Å². The lowest BCUT2D eigenvalue weighted by molar-refractivity contribution is -0.138. The number of aliphatic hydroxyl groups excluding tert-OH is 1. The van der Waals surface area contributed by atoms with Crippen molar-refractivity contribution < 1.29 is 19.7 Å². The Kier molecular flexibility index (Phi) is 6.21. The zero-order valence-corrected chi connectivity index (χ0v) is 16.5. The number of hydrogen-bond acceptors (Lipinski definition) is 6. The molecule has 0 aromatic heterocycles. The maximum absolute atomic E-state index is 12.5. The molecule has 0 atom stereocenters. The molecule has 0 fully saturated rings. The van der Waals surface area contributed by atoms with E-state index in [9.17, 15) is 15.0 Å². The van der Waals surface area contributed by atoms with Crippen molar-refractivity contribution >= 4 is 34.5 Å². The molecule has 1 aliphatic heterocycles. The van der Waals surface area contributed by atoms with Gasteiger partial charge in [-0.25, -0.2) is 9.79 Å². The summed E-state index contributed by atoms with van der Waals surface area (Å²) >= 11 is 1.22. The Morgan fingerprint density at radius 2 is 1.82 bits per heavy atom. The van der Waals surface area contributed by atoms with Gasteiger partial charge in [0, 0.05) is 0 Å². The van der Waals surface area contributed by atoms with Gasteiger partial charge in [-0.1, -0.05) is 49.0 Å². The summed E-state index contributed by atoms with van der Waals surface area (Å²) < 4.78 is 5.12. The highest BCUT2D eigenvalue weighted by atomic mass is 32.2. The Labute approximate surface area is 168 Å². The zero-order chi connectivity index (χ0) is 20.1. The molecule has 2 aromatic carbocycles. The molecule has 2 N–H and O–H groups in total. The summed E-state index contributed by atoms with van der Waals surface area (Å²) in [7, 11) is 0. The summed E-state index contributed by atoms with van der Waals surface area (Å²) in [5.74, 6) is -0.592. The Hall–Kier alpha value is -2.99. The van der Waals surface area contributed by atoms with E-state index < -0.39 is 5.97 Å². The van der Waals surface area contributed by atoms with E-state index in [1.807, 2.05) is 31.2 Å². The van der Waals surface area contributed by atoms with Gasteiger partial charge in [-0.15, -0.1) is 0 Å². The molecule has 0 saturated heterocycles. The molecule has 0 radical (unpaired) electrons. The van der Waals surface area contributed by atoms with E-state index in [-0.39, 0.29) is 23.7 Å². The van der Waals surface area contributed by atoms with Crippen LogP contribution >= 0.6 is 11.8 Å². The average molecular weight is 395 g/mol. The first-order valence-corrected chi connectivity index (χ1v) is 9.81. The summed E-state index contributed by atoms with van der Waals surface area (Å²) in [6.45, 7) is 3.96. The third kappa shape index (κ3) is 4.28. The topological polar surface area (TPSA) is 79.1 Å². The van der Waals surface area contributed by atoms with Gasteiger partial charge in [0.05, 0.1) is 17.2 Å². The van der Waals surface area contributed by atoms with E-state index >= 15 is 0 Å². The molecular formula is C22H21NO4S. The second kappa shape index (κ2) is 8.80. The maximum Gasteiger partial charge on any atom is 0.344 e. The number of aromatic hydroxyl groups is 1. The Morgan fingerprint density at radius 3 is 2.50 bits per heavy atom. The van der Waals surface area contributed by atoms with Crippen molar-refractivity contribution in [2.24, 2.45) is 4.99 Å². The molecule has 28 heavy (non-hydrogen) atoms. The highest BCUT2D eigenvalue weighted by Gasteiger charge is 2.33. The molecule has 0 aliphatic carbocycles. The Bertz CT molecular complexity index is 974. The van der Waals surface area contributed by atoms with Crippen molar-refractivity contribution in [3.05, 3.63) is 75.9 Å². The Morgan fingerprint density at radius 1 is 1.11 bits per heavy atom. The molecule has 2 aromatic rings. The fraction of sp³-hybridized carbons (Fsp3) is 0.182. The van der Waals surface area contributed by atoms with Crippen LogP contribution in [0.4, 0.5) is 5.69 Å². The van der Waals surface area contributed by atoms with Crippen LogP contribution in [0.15, 0.2) is 69.8 Å². The molecule has 3 rings (SSSR count). The van der Waals surface area contributed by atoms with E-state index in [1.165, 1.54) is 11.8 Å². The van der Waals surface area contributed by atoms with Crippen LogP contribution in [0.1, 0.15) is 25.0 Å². The first kappa shape index (κ1) is 19.8. The number of phenols is 1. The second-order valence-electron chi connectivity index (χ2n) is 6.05. The van der Waals surface area contributed by atoms with Crippen LogP contribution < -0.4 is 0 Å². The van der Waals surface area contributed by atoms with Crippen LogP contribution in [-0.2, 0) is 16.0 Å². The van der Waals surface area contributed by atoms with Gasteiger partial charge in [-0.2, -0.15) is 0 Å². The monoisotopic (exact) mass is 395 g/mol. The standard InChI is InChI=1S/C22H21NO4S/c1-3-15-7-5-6-8-17(15)23-21-19(22(26)27-4-2)20(25)18(28-21)13-14-9-11-16(24)12-10-14/h5-13,24-25H,3-4H2,1-2H3. The quantitative estimate of drug-likeness (QED) is 0.685. The zero-order valence-electron chi connectivity index (χ0n) is 15.7. The minimum Gasteiger partial charge on any atom is -0.508 e. The smallest absolute Gasteiger partial charge is 0.344 e. The molecule has 5 nitrogen and oxygen atoms in total. The highest BCUT2D eigenvalue weighted by molar-refractivity contribution is 8.18. The fourth-order valence-corrected chi connectivity index (χ4v) is 3.77. The van der Waals surface area contributed by atoms with E-state index in [0.29, 0.717) is 9.95 Å². The van der Waals surface area contributed by atoms with Crippen molar-refractivity contribution in [2.75, 3.05) is 6.61 Å². The van der Waals surface area contributed by atoms with E-state index in [1.54, 1.807) is 37.3 Å². The van der Waals surface area contributed by atoms with E-state index in [2.05, 4.69) is 4.99 Å². The van der Waals surface area contributed by atoms with Crippen molar-refractivity contribution in [1.82, 2.24) is 0 Å². The predicted molar refractivity (Wildman–Crippen MR) is 113 cm³/mol. The normalized spacial score (nSPS) is 16.8. The molecule has 1 aliphatic rings. The van der Waals surface area contributed by atoms with Gasteiger partial charge in [-0.05, 0) is 48.7 Å². The number of para-hydroxylation sites is 1. The number of ether oxygens (including phenoxy) is 1. The van der Waals surface area contributed by atoms with Crippen LogP contribution in [-0.4, -0.2) is 27.8 Å². The number of thioether (sulfide) groups is 1. The van der Waals surface area contributed by atoms with Crippen molar-refractivity contribution in [3.8, 4) is 5.75 Å². The van der Waals surface area contributed by atoms with Gasteiger partial charge in [0.2, 0.25) is 0 Å². The number of phenolic OH excluding ortho intramolecular Hbond substituents is 1. The molecule has 0 amide bonds.